The second-order valence-electron chi connectivity index (χ2n) is 6.23. The van der Waals surface area contributed by atoms with Crippen LogP contribution in [0.1, 0.15) is 26.2 Å². The lowest BCUT2D eigenvalue weighted by molar-refractivity contribution is -0.148. The van der Waals surface area contributed by atoms with Crippen LogP contribution in [0.3, 0.4) is 0 Å². The van der Waals surface area contributed by atoms with Crippen molar-refractivity contribution < 1.29 is 19.4 Å². The highest BCUT2D eigenvalue weighted by molar-refractivity contribution is 5.86. The van der Waals surface area contributed by atoms with E-state index in [1.54, 1.807) is 0 Å². The van der Waals surface area contributed by atoms with Gasteiger partial charge in [0.05, 0.1) is 0 Å². The first-order valence-electron chi connectivity index (χ1n) is 7.51. The molecule has 0 aromatic heterocycles. The van der Waals surface area contributed by atoms with Gasteiger partial charge in [-0.3, -0.25) is 0 Å². The van der Waals surface area contributed by atoms with E-state index in [0.717, 1.165) is 19.5 Å². The molecule has 0 aromatic carbocycles. The van der Waals surface area contributed by atoms with Crippen molar-refractivity contribution in [1.29, 1.82) is 0 Å². The summed E-state index contributed by atoms with van der Waals surface area (Å²) in [5.41, 5.74) is -1.20. The first-order chi connectivity index (χ1) is 9.93. The zero-order valence-electron chi connectivity index (χ0n) is 12.7. The van der Waals surface area contributed by atoms with E-state index in [-0.39, 0.29) is 12.1 Å². The van der Waals surface area contributed by atoms with Gasteiger partial charge in [-0.2, -0.15) is 0 Å². The van der Waals surface area contributed by atoms with Crippen molar-refractivity contribution in [2.24, 2.45) is 5.92 Å². The third-order valence-corrected chi connectivity index (χ3v) is 4.53. The van der Waals surface area contributed by atoms with Crippen molar-refractivity contribution in [2.75, 3.05) is 33.4 Å². The Morgan fingerprint density at radius 2 is 2.00 bits per heavy atom. The van der Waals surface area contributed by atoms with Gasteiger partial charge in [0.1, 0.15) is 5.54 Å². The molecule has 3 N–H and O–H groups in total. The van der Waals surface area contributed by atoms with Crippen LogP contribution >= 0.6 is 0 Å². The Bertz CT molecular complexity index is 396. The Balaban J connectivity index is 1.92. The van der Waals surface area contributed by atoms with Crippen LogP contribution in [0.15, 0.2) is 0 Å². The summed E-state index contributed by atoms with van der Waals surface area (Å²) in [6.45, 7) is 4.69. The molecular weight excluding hydrogens is 274 g/mol. The highest BCUT2D eigenvalue weighted by Gasteiger charge is 2.42. The minimum Gasteiger partial charge on any atom is -0.480 e. The van der Waals surface area contributed by atoms with E-state index in [0.29, 0.717) is 32.0 Å². The van der Waals surface area contributed by atoms with Gasteiger partial charge in [-0.15, -0.1) is 0 Å². The molecule has 2 aliphatic rings. The summed E-state index contributed by atoms with van der Waals surface area (Å²) in [6.07, 6.45) is 1.49. The Morgan fingerprint density at radius 1 is 1.33 bits per heavy atom. The maximum atomic E-state index is 12.2. The number of hydrogen-bond acceptors (Lipinski definition) is 4. The van der Waals surface area contributed by atoms with Crippen LogP contribution in [0.25, 0.3) is 0 Å². The minimum atomic E-state index is -1.20. The third-order valence-electron chi connectivity index (χ3n) is 4.53. The molecule has 2 aliphatic heterocycles. The Hall–Kier alpha value is -1.34. The number of likely N-dealkylation sites (tertiary alicyclic amines) is 1. The van der Waals surface area contributed by atoms with Crippen LogP contribution in [0.2, 0.25) is 0 Å². The summed E-state index contributed by atoms with van der Waals surface area (Å²) in [5, 5.41) is 15.0. The average Bonchev–Trinajstić information content (AvgIpc) is 2.43. The largest absolute Gasteiger partial charge is 0.480 e. The number of aliphatic carboxylic acids is 1. The molecule has 0 bridgehead atoms. The van der Waals surface area contributed by atoms with E-state index >= 15 is 0 Å². The molecule has 0 radical (unpaired) electrons. The molecule has 2 amide bonds. The van der Waals surface area contributed by atoms with Crippen LogP contribution in [0.5, 0.6) is 0 Å². The average molecular weight is 299 g/mol. The molecule has 7 heteroatoms. The van der Waals surface area contributed by atoms with E-state index < -0.39 is 11.5 Å². The van der Waals surface area contributed by atoms with Crippen LogP contribution in [-0.4, -0.2) is 66.9 Å². The van der Waals surface area contributed by atoms with E-state index in [1.807, 2.05) is 0 Å². The highest BCUT2D eigenvalue weighted by Crippen LogP contribution is 2.21. The van der Waals surface area contributed by atoms with Gasteiger partial charge in [0.25, 0.3) is 0 Å². The number of carboxylic acid groups (broad SMARTS) is 1. The molecule has 2 fully saturated rings. The number of rotatable bonds is 3. The van der Waals surface area contributed by atoms with Crippen molar-refractivity contribution in [3.8, 4) is 0 Å². The predicted octanol–water partition coefficient (Wildman–Crippen LogP) is 0.260. The number of amides is 2. The monoisotopic (exact) mass is 299 g/mol. The smallest absolute Gasteiger partial charge is 0.329 e. The summed E-state index contributed by atoms with van der Waals surface area (Å²) in [5.74, 6) is -0.637. The number of piperidine rings is 1. The number of carboxylic acids is 1. The lowest BCUT2D eigenvalue weighted by Gasteiger charge is -2.37. The van der Waals surface area contributed by atoms with Gasteiger partial charge in [0.15, 0.2) is 0 Å². The minimum absolute atomic E-state index is 0.0897. The molecule has 0 spiro atoms. The molecule has 2 rings (SSSR count). The van der Waals surface area contributed by atoms with Crippen molar-refractivity contribution in [1.82, 2.24) is 15.5 Å². The summed E-state index contributed by atoms with van der Waals surface area (Å²) >= 11 is 0. The lowest BCUT2D eigenvalue weighted by atomic mass is 9.90. The number of urea groups is 1. The maximum absolute atomic E-state index is 12.2. The van der Waals surface area contributed by atoms with Gasteiger partial charge in [-0.25, -0.2) is 9.59 Å². The molecule has 2 atom stereocenters. The molecule has 0 saturated carbocycles. The van der Waals surface area contributed by atoms with E-state index in [9.17, 15) is 14.7 Å². The van der Waals surface area contributed by atoms with Crippen LogP contribution < -0.4 is 10.6 Å². The van der Waals surface area contributed by atoms with Crippen LogP contribution in [0, 0.1) is 5.92 Å². The van der Waals surface area contributed by atoms with Crippen molar-refractivity contribution >= 4 is 12.0 Å². The first kappa shape index (κ1) is 16.0. The number of carbonyl (C=O) groups is 2. The number of nitrogens with one attached hydrogen (secondary N) is 2. The lowest BCUT2D eigenvalue weighted by Crippen LogP contribution is -2.61. The molecule has 2 saturated heterocycles. The number of carbonyl (C=O) groups excluding carboxylic acids is 1. The second kappa shape index (κ2) is 6.62. The summed E-state index contributed by atoms with van der Waals surface area (Å²) in [4.78, 5) is 25.9. The van der Waals surface area contributed by atoms with Crippen molar-refractivity contribution in [3.05, 3.63) is 0 Å². The fraction of sp³-hybridized carbons (Fsp3) is 0.857. The summed E-state index contributed by atoms with van der Waals surface area (Å²) in [6, 6.07) is -0.299. The second-order valence-corrected chi connectivity index (χ2v) is 6.23. The van der Waals surface area contributed by atoms with Gasteiger partial charge in [0.2, 0.25) is 0 Å². The fourth-order valence-electron chi connectivity index (χ4n) is 3.10. The Labute approximate surface area is 125 Å². The van der Waals surface area contributed by atoms with Crippen molar-refractivity contribution in [2.45, 2.75) is 37.8 Å². The van der Waals surface area contributed by atoms with Crippen LogP contribution in [0.4, 0.5) is 4.79 Å². The van der Waals surface area contributed by atoms with Gasteiger partial charge >= 0.3 is 12.0 Å². The van der Waals surface area contributed by atoms with E-state index in [1.165, 1.54) is 0 Å². The molecule has 120 valence electrons. The Morgan fingerprint density at radius 3 is 2.57 bits per heavy atom. The van der Waals surface area contributed by atoms with E-state index in [2.05, 4.69) is 29.5 Å². The van der Waals surface area contributed by atoms with Gasteiger partial charge in [0, 0.05) is 38.6 Å². The number of ether oxygens (including phenoxy) is 1. The van der Waals surface area contributed by atoms with Gasteiger partial charge < -0.3 is 25.4 Å². The number of hydrogen-bond donors (Lipinski definition) is 3. The van der Waals surface area contributed by atoms with E-state index in [4.69, 9.17) is 4.74 Å². The van der Waals surface area contributed by atoms with Crippen molar-refractivity contribution in [3.63, 3.8) is 0 Å². The zero-order valence-corrected chi connectivity index (χ0v) is 12.7. The Kier molecular flexibility index (Phi) is 5.05. The third kappa shape index (κ3) is 3.85. The standard InChI is InChI=1S/C14H25N3O4/c1-10-9-17(2)6-3-11(10)15-13(20)16-14(12(18)19)4-7-21-8-5-14/h10-11H,3-9H2,1-2H3,(H,18,19)(H2,15,16,20). The zero-order chi connectivity index (χ0) is 15.5. The molecule has 7 nitrogen and oxygen atoms in total. The number of nitrogens with zero attached hydrogens (tertiary/aromatic N) is 1. The molecule has 21 heavy (non-hydrogen) atoms. The van der Waals surface area contributed by atoms with Crippen LogP contribution in [-0.2, 0) is 9.53 Å². The molecular formula is C14H25N3O4. The SMILES string of the molecule is CC1CN(C)CCC1NC(=O)NC1(C(=O)O)CCOCC1. The maximum Gasteiger partial charge on any atom is 0.329 e. The highest BCUT2D eigenvalue weighted by atomic mass is 16.5. The molecule has 2 unspecified atom stereocenters. The quantitative estimate of drug-likeness (QED) is 0.695. The molecule has 2 heterocycles. The molecule has 0 aromatic rings. The summed E-state index contributed by atoms with van der Waals surface area (Å²) < 4.78 is 5.19. The normalized spacial score (nSPS) is 29.6. The topological polar surface area (TPSA) is 90.9 Å². The summed E-state index contributed by atoms with van der Waals surface area (Å²) in [7, 11) is 2.06. The molecule has 0 aliphatic carbocycles. The van der Waals surface area contributed by atoms with Gasteiger partial charge in [-0.1, -0.05) is 6.92 Å². The first-order valence-corrected chi connectivity index (χ1v) is 7.51. The fourth-order valence-corrected chi connectivity index (χ4v) is 3.10. The van der Waals surface area contributed by atoms with Gasteiger partial charge in [-0.05, 0) is 25.9 Å². The predicted molar refractivity (Wildman–Crippen MR) is 77.2 cm³/mol.